The topological polar surface area (TPSA) is 103 Å². The summed E-state index contributed by atoms with van der Waals surface area (Å²) in [6, 6.07) is 9.33. The summed E-state index contributed by atoms with van der Waals surface area (Å²) in [5.41, 5.74) is 0.442. The molecule has 0 atom stereocenters. The predicted molar refractivity (Wildman–Crippen MR) is 122 cm³/mol. The molecule has 0 spiro atoms. The Hall–Kier alpha value is -2.69. The highest BCUT2D eigenvalue weighted by Crippen LogP contribution is 2.15. The molecule has 1 aromatic carbocycles. The number of likely N-dealkylation sites (tertiary alicyclic amines) is 1. The Morgan fingerprint density at radius 3 is 2.21 bits per heavy atom. The van der Waals surface area contributed by atoms with Gasteiger partial charge in [0.1, 0.15) is 5.76 Å². The number of hydrogen-bond donors (Lipinski definition) is 1. The highest BCUT2D eigenvalue weighted by atomic mass is 32.2. The van der Waals surface area contributed by atoms with Crippen LogP contribution in [0.5, 0.6) is 0 Å². The lowest BCUT2D eigenvalue weighted by Crippen LogP contribution is -2.52. The van der Waals surface area contributed by atoms with Gasteiger partial charge in [-0.2, -0.15) is 0 Å². The summed E-state index contributed by atoms with van der Waals surface area (Å²) in [5, 5.41) is 0. The molecule has 10 heteroatoms. The van der Waals surface area contributed by atoms with E-state index in [4.69, 9.17) is 4.42 Å². The van der Waals surface area contributed by atoms with Gasteiger partial charge in [0, 0.05) is 44.8 Å². The quantitative estimate of drug-likeness (QED) is 0.653. The van der Waals surface area contributed by atoms with Gasteiger partial charge in [-0.15, -0.1) is 0 Å². The Balaban J connectivity index is 1.27. The number of furan rings is 1. The second-order valence-electron chi connectivity index (χ2n) is 8.44. The van der Waals surface area contributed by atoms with E-state index in [0.29, 0.717) is 44.0 Å². The summed E-state index contributed by atoms with van der Waals surface area (Å²) in [6.45, 7) is 4.53. The molecule has 2 aromatic rings. The first-order chi connectivity index (χ1) is 15.9. The largest absolute Gasteiger partial charge is 0.468 e. The molecule has 3 heterocycles. The van der Waals surface area contributed by atoms with E-state index >= 15 is 0 Å². The number of rotatable bonds is 7. The zero-order chi connectivity index (χ0) is 23.3. The van der Waals surface area contributed by atoms with Crippen LogP contribution in [0.15, 0.2) is 52.0 Å². The molecule has 2 fully saturated rings. The summed E-state index contributed by atoms with van der Waals surface area (Å²) in [6.07, 6.45) is 4.83. The average Bonchev–Trinajstić information content (AvgIpc) is 3.37. The summed E-state index contributed by atoms with van der Waals surface area (Å²) in [5.74, 6) is 0.554. The molecular formula is C23H30N4O5S. The number of benzene rings is 1. The SMILES string of the molecule is O=C(CN1CCN(C(=O)c2ccc(S(=O)(=O)NCc3ccco3)cc2)CC1)N1CCCCC1. The number of hydrogen-bond acceptors (Lipinski definition) is 6. The number of nitrogens with one attached hydrogen (secondary N) is 1. The molecule has 2 aliphatic heterocycles. The van der Waals surface area contributed by atoms with Crippen molar-refractivity contribution >= 4 is 21.8 Å². The molecule has 0 unspecified atom stereocenters. The van der Waals surface area contributed by atoms with Crippen LogP contribution < -0.4 is 4.72 Å². The fraction of sp³-hybridized carbons (Fsp3) is 0.478. The number of carbonyl (C=O) groups is 2. The molecule has 9 nitrogen and oxygen atoms in total. The highest BCUT2D eigenvalue weighted by Gasteiger charge is 2.25. The molecule has 1 N–H and O–H groups in total. The van der Waals surface area contributed by atoms with Crippen LogP contribution in [-0.2, 0) is 21.4 Å². The number of nitrogens with zero attached hydrogens (tertiary/aromatic N) is 3. The van der Waals surface area contributed by atoms with Crippen LogP contribution in [0.2, 0.25) is 0 Å². The van der Waals surface area contributed by atoms with E-state index in [1.54, 1.807) is 17.0 Å². The summed E-state index contributed by atoms with van der Waals surface area (Å²) in [7, 11) is -3.71. The van der Waals surface area contributed by atoms with E-state index in [2.05, 4.69) is 9.62 Å². The first-order valence-electron chi connectivity index (χ1n) is 11.3. The van der Waals surface area contributed by atoms with E-state index in [-0.39, 0.29) is 23.3 Å². The fourth-order valence-corrected chi connectivity index (χ4v) is 5.16. The molecule has 0 radical (unpaired) electrons. The molecule has 4 rings (SSSR count). The standard InChI is InChI=1S/C23H30N4O5S/c28-22(26-10-2-1-3-11-26)18-25-12-14-27(15-13-25)23(29)19-6-8-21(9-7-19)33(30,31)24-17-20-5-4-16-32-20/h4-9,16,24H,1-3,10-15,17-18H2. The van der Waals surface area contributed by atoms with Gasteiger partial charge in [-0.05, 0) is 55.7 Å². The Morgan fingerprint density at radius 1 is 0.879 bits per heavy atom. The Kier molecular flexibility index (Phi) is 7.46. The summed E-state index contributed by atoms with van der Waals surface area (Å²) < 4.78 is 32.5. The maximum Gasteiger partial charge on any atom is 0.253 e. The van der Waals surface area contributed by atoms with Crippen molar-refractivity contribution in [2.75, 3.05) is 45.8 Å². The molecule has 2 saturated heterocycles. The van der Waals surface area contributed by atoms with Gasteiger partial charge in [-0.1, -0.05) is 0 Å². The summed E-state index contributed by atoms with van der Waals surface area (Å²) in [4.78, 5) is 31.2. The Morgan fingerprint density at radius 2 is 1.58 bits per heavy atom. The van der Waals surface area contributed by atoms with Gasteiger partial charge in [0.25, 0.3) is 5.91 Å². The number of piperazine rings is 1. The van der Waals surface area contributed by atoms with E-state index in [0.717, 1.165) is 25.9 Å². The zero-order valence-corrected chi connectivity index (χ0v) is 19.4. The van der Waals surface area contributed by atoms with E-state index in [1.165, 1.54) is 36.9 Å². The van der Waals surface area contributed by atoms with E-state index in [9.17, 15) is 18.0 Å². The molecular weight excluding hydrogens is 444 g/mol. The lowest BCUT2D eigenvalue weighted by Gasteiger charge is -2.36. The molecule has 0 bridgehead atoms. The average molecular weight is 475 g/mol. The van der Waals surface area contributed by atoms with Crippen LogP contribution in [0, 0.1) is 0 Å². The van der Waals surface area contributed by atoms with E-state index < -0.39 is 10.0 Å². The van der Waals surface area contributed by atoms with Crippen LogP contribution >= 0.6 is 0 Å². The predicted octanol–water partition coefficient (Wildman–Crippen LogP) is 1.53. The minimum absolute atomic E-state index is 0.0561. The van der Waals surface area contributed by atoms with Crippen LogP contribution in [-0.4, -0.2) is 80.7 Å². The maximum absolute atomic E-state index is 12.9. The molecule has 1 aromatic heterocycles. The third-order valence-electron chi connectivity index (χ3n) is 6.16. The number of carbonyl (C=O) groups excluding carboxylic acids is 2. The third kappa shape index (κ3) is 6.01. The fourth-order valence-electron chi connectivity index (χ4n) is 4.17. The smallest absolute Gasteiger partial charge is 0.253 e. The van der Waals surface area contributed by atoms with Gasteiger partial charge < -0.3 is 14.2 Å². The first-order valence-corrected chi connectivity index (χ1v) is 12.8. The lowest BCUT2D eigenvalue weighted by molar-refractivity contribution is -0.133. The minimum Gasteiger partial charge on any atom is -0.468 e. The minimum atomic E-state index is -3.71. The second kappa shape index (κ2) is 10.5. The van der Waals surface area contributed by atoms with Gasteiger partial charge in [0.2, 0.25) is 15.9 Å². The monoisotopic (exact) mass is 474 g/mol. The van der Waals surface area contributed by atoms with Crippen molar-refractivity contribution in [2.45, 2.75) is 30.7 Å². The van der Waals surface area contributed by atoms with Crippen LogP contribution in [0.1, 0.15) is 35.4 Å². The number of amides is 2. The van der Waals surface area contributed by atoms with Gasteiger partial charge >= 0.3 is 0 Å². The normalized spacial score (nSPS) is 17.8. The molecule has 33 heavy (non-hydrogen) atoms. The van der Waals surface area contributed by atoms with Crippen molar-refractivity contribution in [1.29, 1.82) is 0 Å². The van der Waals surface area contributed by atoms with Gasteiger partial charge in [-0.25, -0.2) is 13.1 Å². The lowest BCUT2D eigenvalue weighted by atomic mass is 10.1. The van der Waals surface area contributed by atoms with E-state index in [1.807, 2.05) is 4.90 Å². The van der Waals surface area contributed by atoms with Gasteiger partial charge in [0.05, 0.1) is 24.2 Å². The van der Waals surface area contributed by atoms with Gasteiger partial charge in [-0.3, -0.25) is 14.5 Å². The van der Waals surface area contributed by atoms with Crippen LogP contribution in [0.4, 0.5) is 0 Å². The third-order valence-corrected chi connectivity index (χ3v) is 7.57. The summed E-state index contributed by atoms with van der Waals surface area (Å²) >= 11 is 0. The molecule has 0 aliphatic carbocycles. The van der Waals surface area contributed by atoms with Gasteiger partial charge in [0.15, 0.2) is 0 Å². The molecule has 178 valence electrons. The Bertz CT molecular complexity index is 1040. The number of sulfonamides is 1. The number of piperidine rings is 1. The van der Waals surface area contributed by atoms with Crippen molar-refractivity contribution in [1.82, 2.24) is 19.4 Å². The molecule has 2 aliphatic rings. The highest BCUT2D eigenvalue weighted by molar-refractivity contribution is 7.89. The van der Waals surface area contributed by atoms with Crippen LogP contribution in [0.25, 0.3) is 0 Å². The van der Waals surface area contributed by atoms with Crippen molar-refractivity contribution < 1.29 is 22.4 Å². The Labute approximate surface area is 194 Å². The zero-order valence-electron chi connectivity index (χ0n) is 18.6. The van der Waals surface area contributed by atoms with Crippen molar-refractivity contribution in [3.05, 3.63) is 54.0 Å². The van der Waals surface area contributed by atoms with Crippen molar-refractivity contribution in [2.24, 2.45) is 0 Å². The van der Waals surface area contributed by atoms with Crippen LogP contribution in [0.3, 0.4) is 0 Å². The second-order valence-corrected chi connectivity index (χ2v) is 10.2. The first kappa shape index (κ1) is 23.5. The van der Waals surface area contributed by atoms with Crippen molar-refractivity contribution in [3.8, 4) is 0 Å². The van der Waals surface area contributed by atoms with Crippen molar-refractivity contribution in [3.63, 3.8) is 0 Å². The molecule has 0 saturated carbocycles. The molecule has 2 amide bonds. The maximum atomic E-state index is 12.9.